The van der Waals surface area contributed by atoms with Gasteiger partial charge in [-0.05, 0) is 12.1 Å². The number of morpholine rings is 1. The van der Waals surface area contributed by atoms with Crippen LogP contribution in [0.1, 0.15) is 0 Å². The zero-order valence-electron chi connectivity index (χ0n) is 16.4. The van der Waals surface area contributed by atoms with E-state index in [0.717, 1.165) is 72.3 Å². The number of ether oxygens (including phenoxy) is 1. The first-order valence-corrected chi connectivity index (χ1v) is 10.1. The zero-order valence-corrected chi connectivity index (χ0v) is 16.4. The maximum atomic E-state index is 5.55. The number of nitrogens with one attached hydrogen (secondary N) is 1. The number of aromatic nitrogens is 5. The van der Waals surface area contributed by atoms with Crippen LogP contribution in [0.5, 0.6) is 0 Å². The van der Waals surface area contributed by atoms with Crippen molar-refractivity contribution in [1.82, 2.24) is 29.5 Å². The summed E-state index contributed by atoms with van der Waals surface area (Å²) in [7, 11) is 0. The summed E-state index contributed by atoms with van der Waals surface area (Å²) in [5, 5.41) is 8.26. The Balaban J connectivity index is 1.47. The summed E-state index contributed by atoms with van der Waals surface area (Å²) >= 11 is 0. The number of H-pyrrole nitrogens is 1. The molecule has 2 aliphatic heterocycles. The van der Waals surface area contributed by atoms with Gasteiger partial charge in [0.15, 0.2) is 11.5 Å². The Morgan fingerprint density at radius 3 is 3.00 bits per heavy atom. The number of fused-ring (bicyclic) bond motifs is 2. The van der Waals surface area contributed by atoms with E-state index in [9.17, 15) is 0 Å². The molecule has 0 unspecified atom stereocenters. The van der Waals surface area contributed by atoms with Gasteiger partial charge in [0, 0.05) is 49.2 Å². The predicted octanol–water partition coefficient (Wildman–Crippen LogP) is 2.82. The number of imidazole rings is 1. The van der Waals surface area contributed by atoms with Crippen LogP contribution in [0.2, 0.25) is 0 Å². The molecule has 8 nitrogen and oxygen atoms in total. The van der Waals surface area contributed by atoms with Crippen molar-refractivity contribution in [1.29, 1.82) is 0 Å². The highest BCUT2D eigenvalue weighted by Crippen LogP contribution is 2.30. The average Bonchev–Trinajstić information content (AvgIpc) is 3.48. The summed E-state index contributed by atoms with van der Waals surface area (Å²) in [6.45, 7) is 3.98. The van der Waals surface area contributed by atoms with Crippen molar-refractivity contribution < 1.29 is 4.74 Å². The monoisotopic (exact) mass is 399 g/mol. The van der Waals surface area contributed by atoms with Gasteiger partial charge in [-0.25, -0.2) is 9.97 Å². The van der Waals surface area contributed by atoms with Crippen molar-refractivity contribution in [2.45, 2.75) is 0 Å². The normalized spacial score (nSPS) is 17.1. The van der Waals surface area contributed by atoms with E-state index >= 15 is 0 Å². The Morgan fingerprint density at radius 1 is 1.13 bits per heavy atom. The van der Waals surface area contributed by atoms with E-state index in [0.29, 0.717) is 0 Å². The Kier molecular flexibility index (Phi) is 4.02. The van der Waals surface area contributed by atoms with Gasteiger partial charge in [0.25, 0.3) is 0 Å². The van der Waals surface area contributed by atoms with Gasteiger partial charge in [-0.1, -0.05) is 24.3 Å². The molecule has 4 aromatic rings. The van der Waals surface area contributed by atoms with Crippen molar-refractivity contribution in [3.8, 4) is 11.3 Å². The minimum atomic E-state index is 0.741. The molecule has 6 rings (SSSR count). The number of hydrogen-bond donors (Lipinski definition) is 1. The van der Waals surface area contributed by atoms with Crippen molar-refractivity contribution >= 4 is 22.4 Å². The molecule has 1 N–H and O–H groups in total. The molecule has 0 radical (unpaired) electrons. The minimum Gasteiger partial charge on any atom is -0.378 e. The van der Waals surface area contributed by atoms with Crippen LogP contribution in [0.3, 0.4) is 0 Å². The van der Waals surface area contributed by atoms with E-state index in [-0.39, 0.29) is 0 Å². The first kappa shape index (κ1) is 17.2. The van der Waals surface area contributed by atoms with Gasteiger partial charge in [0.2, 0.25) is 0 Å². The lowest BCUT2D eigenvalue weighted by molar-refractivity contribution is 0.0524. The average molecular weight is 399 g/mol. The number of hydrogen-bond acceptors (Lipinski definition) is 6. The van der Waals surface area contributed by atoms with E-state index in [2.05, 4.69) is 61.4 Å². The third-order valence-corrected chi connectivity index (χ3v) is 5.63. The van der Waals surface area contributed by atoms with E-state index in [1.807, 2.05) is 29.2 Å². The number of anilines is 1. The molecule has 0 bridgehead atoms. The lowest BCUT2D eigenvalue weighted by Gasteiger charge is -2.38. The van der Waals surface area contributed by atoms with Gasteiger partial charge in [-0.3, -0.25) is 5.10 Å². The highest BCUT2D eigenvalue weighted by atomic mass is 16.5. The molecular formula is C22H21N7O. The van der Waals surface area contributed by atoms with E-state index in [1.165, 1.54) is 0 Å². The smallest absolute Gasteiger partial charge is 0.180 e. The first-order chi connectivity index (χ1) is 14.9. The molecule has 0 spiro atoms. The molecule has 0 atom stereocenters. The van der Waals surface area contributed by atoms with Crippen molar-refractivity contribution in [3.63, 3.8) is 0 Å². The fourth-order valence-electron chi connectivity index (χ4n) is 4.10. The molecule has 1 aromatic carbocycles. The molecule has 0 aliphatic carbocycles. The SMILES string of the molecule is C1=CCN(c2nc(-c3ccc4cn[nH]c4c3)cn3ccnc23)C(N2CCOCC2)=C1. The fraction of sp³-hybridized carbons (Fsp3) is 0.227. The number of rotatable bonds is 3. The lowest BCUT2D eigenvalue weighted by atomic mass is 10.1. The number of aromatic amines is 1. The second-order valence-corrected chi connectivity index (χ2v) is 7.44. The van der Waals surface area contributed by atoms with Crippen LogP contribution in [-0.2, 0) is 4.74 Å². The Bertz CT molecular complexity index is 1280. The van der Waals surface area contributed by atoms with Gasteiger partial charge in [-0.2, -0.15) is 5.10 Å². The highest BCUT2D eigenvalue weighted by Gasteiger charge is 2.25. The van der Waals surface area contributed by atoms with E-state index in [1.54, 1.807) is 0 Å². The van der Waals surface area contributed by atoms with Crippen LogP contribution in [0, 0.1) is 0 Å². The Labute approximate surface area is 173 Å². The Morgan fingerprint density at radius 2 is 2.07 bits per heavy atom. The topological polar surface area (TPSA) is 74.6 Å². The third kappa shape index (κ3) is 2.84. The Hall–Kier alpha value is -3.65. The zero-order chi connectivity index (χ0) is 19.9. The van der Waals surface area contributed by atoms with Crippen LogP contribution < -0.4 is 4.90 Å². The van der Waals surface area contributed by atoms with Crippen LogP contribution in [0.25, 0.3) is 27.8 Å². The van der Waals surface area contributed by atoms with Crippen molar-refractivity contribution in [2.75, 3.05) is 37.7 Å². The van der Waals surface area contributed by atoms with Gasteiger partial charge >= 0.3 is 0 Å². The molecule has 0 amide bonds. The van der Waals surface area contributed by atoms with Gasteiger partial charge in [0.1, 0.15) is 5.82 Å². The van der Waals surface area contributed by atoms with Gasteiger partial charge in [-0.15, -0.1) is 0 Å². The molecule has 5 heterocycles. The van der Waals surface area contributed by atoms with Crippen LogP contribution in [0.4, 0.5) is 5.82 Å². The number of nitrogens with zero attached hydrogens (tertiary/aromatic N) is 6. The van der Waals surface area contributed by atoms with Crippen LogP contribution >= 0.6 is 0 Å². The summed E-state index contributed by atoms with van der Waals surface area (Å²) < 4.78 is 7.59. The lowest BCUT2D eigenvalue weighted by Crippen LogP contribution is -2.43. The summed E-state index contributed by atoms with van der Waals surface area (Å²) in [6.07, 6.45) is 14.1. The van der Waals surface area contributed by atoms with Crippen molar-refractivity contribution in [2.24, 2.45) is 0 Å². The maximum Gasteiger partial charge on any atom is 0.180 e. The second kappa shape index (κ2) is 7.00. The molecule has 8 heteroatoms. The summed E-state index contributed by atoms with van der Waals surface area (Å²) in [5.41, 5.74) is 3.77. The first-order valence-electron chi connectivity index (χ1n) is 10.1. The number of benzene rings is 1. The largest absolute Gasteiger partial charge is 0.378 e. The molecule has 150 valence electrons. The van der Waals surface area contributed by atoms with Gasteiger partial charge < -0.3 is 18.9 Å². The molecular weight excluding hydrogens is 378 g/mol. The quantitative estimate of drug-likeness (QED) is 0.571. The second-order valence-electron chi connectivity index (χ2n) is 7.44. The molecule has 2 aliphatic rings. The summed E-state index contributed by atoms with van der Waals surface area (Å²) in [6, 6.07) is 6.24. The van der Waals surface area contributed by atoms with E-state index < -0.39 is 0 Å². The highest BCUT2D eigenvalue weighted by molar-refractivity contribution is 5.83. The van der Waals surface area contributed by atoms with Crippen molar-refractivity contribution in [3.05, 3.63) is 67.0 Å². The van der Waals surface area contributed by atoms with Crippen LogP contribution in [-0.4, -0.2) is 62.3 Å². The summed E-state index contributed by atoms with van der Waals surface area (Å²) in [4.78, 5) is 14.3. The molecule has 3 aromatic heterocycles. The fourth-order valence-corrected chi connectivity index (χ4v) is 4.10. The van der Waals surface area contributed by atoms with E-state index in [4.69, 9.17) is 9.72 Å². The third-order valence-electron chi connectivity index (χ3n) is 5.63. The summed E-state index contributed by atoms with van der Waals surface area (Å²) in [5.74, 6) is 1.99. The maximum absolute atomic E-state index is 5.55. The minimum absolute atomic E-state index is 0.741. The standard InChI is InChI=1S/C22H21N7O/c1-2-7-29(20(3-1)27-9-11-30-12-10-27)22-21-23-6-8-28(21)15-19(25-22)16-4-5-17-14-24-26-18(17)13-16/h1-6,8,13-15H,7,9-12H2,(H,24,26). The molecule has 1 saturated heterocycles. The molecule has 0 saturated carbocycles. The number of allylic oxidation sites excluding steroid dienone is 2. The molecule has 1 fully saturated rings. The van der Waals surface area contributed by atoms with Crippen LogP contribution in [0.15, 0.2) is 67.0 Å². The predicted molar refractivity (Wildman–Crippen MR) is 115 cm³/mol. The molecule has 30 heavy (non-hydrogen) atoms. The van der Waals surface area contributed by atoms with Gasteiger partial charge in [0.05, 0.1) is 30.6 Å².